The van der Waals surface area contributed by atoms with Gasteiger partial charge in [0.2, 0.25) is 0 Å². The average Bonchev–Trinajstić information content (AvgIpc) is 2.30. The van der Waals surface area contributed by atoms with E-state index in [2.05, 4.69) is 10.6 Å². The highest BCUT2D eigenvalue weighted by Crippen LogP contribution is 2.16. The highest BCUT2D eigenvalue weighted by Gasteiger charge is 2.06. The zero-order chi connectivity index (χ0) is 13.5. The first-order valence-electron chi connectivity index (χ1n) is 5.20. The zero-order valence-corrected chi connectivity index (χ0v) is 9.74. The maximum absolute atomic E-state index is 13.2. The number of anilines is 1. The van der Waals surface area contributed by atoms with E-state index in [1.54, 1.807) is 13.0 Å². The molecule has 0 aromatic heterocycles. The lowest BCUT2D eigenvalue weighted by molar-refractivity contribution is -0.131. The number of amides is 2. The molecule has 0 heterocycles. The topological polar surface area (TPSA) is 78.4 Å². The summed E-state index contributed by atoms with van der Waals surface area (Å²) in [4.78, 5) is 21.6. The van der Waals surface area contributed by atoms with E-state index in [4.69, 9.17) is 5.11 Å². The number of carboxylic acids is 1. The van der Waals surface area contributed by atoms with Crippen molar-refractivity contribution in [1.82, 2.24) is 5.32 Å². The summed E-state index contributed by atoms with van der Waals surface area (Å²) in [5.41, 5.74) is 0.712. The molecule has 18 heavy (non-hydrogen) atoms. The van der Waals surface area contributed by atoms with Gasteiger partial charge in [-0.1, -0.05) is 12.1 Å². The Labute approximate surface area is 103 Å². The smallest absolute Gasteiger partial charge is 0.328 e. The van der Waals surface area contributed by atoms with E-state index >= 15 is 0 Å². The van der Waals surface area contributed by atoms with Crippen molar-refractivity contribution in [3.8, 4) is 0 Å². The first-order valence-corrected chi connectivity index (χ1v) is 5.20. The van der Waals surface area contributed by atoms with E-state index in [9.17, 15) is 14.0 Å². The molecule has 1 rings (SSSR count). The molecular weight excluding hydrogens is 239 g/mol. The minimum absolute atomic E-state index is 0.0759. The monoisotopic (exact) mass is 252 g/mol. The molecule has 0 aliphatic carbocycles. The van der Waals surface area contributed by atoms with Crippen molar-refractivity contribution in [3.63, 3.8) is 0 Å². The van der Waals surface area contributed by atoms with Crippen LogP contribution in [0.3, 0.4) is 0 Å². The van der Waals surface area contributed by atoms with Crippen molar-refractivity contribution in [3.05, 3.63) is 41.7 Å². The maximum Gasteiger partial charge on any atom is 0.328 e. The lowest BCUT2D eigenvalue weighted by atomic mass is 10.2. The van der Waals surface area contributed by atoms with E-state index in [0.29, 0.717) is 11.3 Å². The second-order valence-electron chi connectivity index (χ2n) is 3.49. The third-order valence-electron chi connectivity index (χ3n) is 2.16. The summed E-state index contributed by atoms with van der Waals surface area (Å²) in [6.07, 6.45) is 2.22. The number of urea groups is 1. The summed E-state index contributed by atoms with van der Waals surface area (Å²) in [5, 5.41) is 13.2. The number of aliphatic carboxylic acids is 1. The molecule has 0 unspecified atom stereocenters. The molecule has 3 N–H and O–H groups in total. The minimum Gasteiger partial charge on any atom is -0.478 e. The molecule has 0 aliphatic heterocycles. The van der Waals surface area contributed by atoms with Crippen LogP contribution in [0.4, 0.5) is 14.9 Å². The quantitative estimate of drug-likeness (QED) is 0.716. The largest absolute Gasteiger partial charge is 0.478 e. The fraction of sp³-hybridized carbons (Fsp3) is 0.167. The third-order valence-corrected chi connectivity index (χ3v) is 2.16. The van der Waals surface area contributed by atoms with Crippen LogP contribution in [-0.2, 0) is 4.79 Å². The number of benzene rings is 1. The Morgan fingerprint density at radius 2 is 2.17 bits per heavy atom. The number of carbonyl (C=O) groups is 2. The third kappa shape index (κ3) is 4.25. The number of hydrogen-bond donors (Lipinski definition) is 3. The normalized spacial score (nSPS) is 10.3. The Hall–Kier alpha value is -2.37. The van der Waals surface area contributed by atoms with Crippen LogP contribution in [0.15, 0.2) is 30.4 Å². The van der Waals surface area contributed by atoms with Crippen molar-refractivity contribution in [1.29, 1.82) is 0 Å². The van der Waals surface area contributed by atoms with Gasteiger partial charge in [0, 0.05) is 23.9 Å². The van der Waals surface area contributed by atoms with Crippen LogP contribution in [-0.4, -0.2) is 23.7 Å². The molecule has 1 aromatic carbocycles. The van der Waals surface area contributed by atoms with Gasteiger partial charge < -0.3 is 15.7 Å². The Morgan fingerprint density at radius 3 is 2.83 bits per heavy atom. The average molecular weight is 252 g/mol. The molecule has 6 heteroatoms. The molecule has 0 aliphatic rings. The Kier molecular flexibility index (Phi) is 4.86. The molecule has 1 aromatic rings. The summed E-state index contributed by atoms with van der Waals surface area (Å²) in [7, 11) is 0. The summed E-state index contributed by atoms with van der Waals surface area (Å²) >= 11 is 0. The van der Waals surface area contributed by atoms with Crippen LogP contribution in [0.2, 0.25) is 0 Å². The zero-order valence-electron chi connectivity index (χ0n) is 9.74. The predicted octanol–water partition coefficient (Wildman–Crippen LogP) is 1.90. The molecule has 0 atom stereocenters. The van der Waals surface area contributed by atoms with Gasteiger partial charge in [0.1, 0.15) is 5.82 Å². The summed E-state index contributed by atoms with van der Waals surface area (Å²) in [5.74, 6) is -1.49. The van der Waals surface area contributed by atoms with E-state index < -0.39 is 17.8 Å². The summed E-state index contributed by atoms with van der Waals surface area (Å²) in [6, 6.07) is 3.83. The van der Waals surface area contributed by atoms with Crippen molar-refractivity contribution < 1.29 is 19.1 Å². The maximum atomic E-state index is 13.2. The lowest BCUT2D eigenvalue weighted by Crippen LogP contribution is -2.29. The van der Waals surface area contributed by atoms with Gasteiger partial charge in [-0.15, -0.1) is 0 Å². The molecular formula is C12H13FN2O3. The van der Waals surface area contributed by atoms with E-state index in [-0.39, 0.29) is 6.54 Å². The summed E-state index contributed by atoms with van der Waals surface area (Å²) in [6.45, 7) is 1.63. The van der Waals surface area contributed by atoms with Gasteiger partial charge in [0.15, 0.2) is 0 Å². The Bertz CT molecular complexity index is 486. The fourth-order valence-corrected chi connectivity index (χ4v) is 1.22. The molecule has 0 radical (unpaired) electrons. The number of rotatable bonds is 4. The van der Waals surface area contributed by atoms with E-state index in [1.807, 2.05) is 0 Å². The van der Waals surface area contributed by atoms with Crippen LogP contribution >= 0.6 is 0 Å². The van der Waals surface area contributed by atoms with Crippen LogP contribution < -0.4 is 10.6 Å². The van der Waals surface area contributed by atoms with Crippen LogP contribution in [0, 0.1) is 12.7 Å². The van der Waals surface area contributed by atoms with Crippen LogP contribution in [0.25, 0.3) is 0 Å². The van der Waals surface area contributed by atoms with Gasteiger partial charge in [-0.2, -0.15) is 0 Å². The Morgan fingerprint density at radius 1 is 1.44 bits per heavy atom. The van der Waals surface area contributed by atoms with Crippen molar-refractivity contribution in [2.24, 2.45) is 0 Å². The lowest BCUT2D eigenvalue weighted by Gasteiger charge is -2.09. The van der Waals surface area contributed by atoms with Gasteiger partial charge in [0.25, 0.3) is 0 Å². The highest BCUT2D eigenvalue weighted by atomic mass is 19.1. The number of carbonyl (C=O) groups excluding carboxylic acids is 1. The van der Waals surface area contributed by atoms with Crippen LogP contribution in [0.5, 0.6) is 0 Å². The number of hydrogen-bond acceptors (Lipinski definition) is 2. The second-order valence-corrected chi connectivity index (χ2v) is 3.49. The van der Waals surface area contributed by atoms with E-state index in [0.717, 1.165) is 6.08 Å². The molecule has 0 bridgehead atoms. The molecule has 0 spiro atoms. The molecule has 2 amide bonds. The first-order chi connectivity index (χ1) is 8.50. The van der Waals surface area contributed by atoms with Crippen molar-refractivity contribution >= 4 is 17.7 Å². The van der Waals surface area contributed by atoms with Gasteiger partial charge in [0.05, 0.1) is 0 Å². The summed E-state index contributed by atoms with van der Waals surface area (Å²) < 4.78 is 13.2. The molecule has 0 saturated heterocycles. The van der Waals surface area contributed by atoms with Gasteiger partial charge >= 0.3 is 12.0 Å². The minimum atomic E-state index is -1.09. The number of carboxylic acid groups (broad SMARTS) is 1. The van der Waals surface area contributed by atoms with Gasteiger partial charge in [-0.3, -0.25) is 0 Å². The van der Waals surface area contributed by atoms with Gasteiger partial charge in [-0.25, -0.2) is 14.0 Å². The van der Waals surface area contributed by atoms with Gasteiger partial charge in [-0.05, 0) is 19.1 Å². The SMILES string of the molecule is Cc1c(F)cccc1NC(=O)NC/C=C/C(=O)O. The van der Waals surface area contributed by atoms with Crippen molar-refractivity contribution in [2.45, 2.75) is 6.92 Å². The highest BCUT2D eigenvalue weighted by molar-refractivity contribution is 5.90. The molecule has 0 fully saturated rings. The standard InChI is InChI=1S/C12H13FN2O3/c1-8-9(13)4-2-5-10(8)15-12(18)14-7-3-6-11(16)17/h2-6H,7H2,1H3,(H,16,17)(H2,14,15,18)/b6-3+. The van der Waals surface area contributed by atoms with Crippen LogP contribution in [0.1, 0.15) is 5.56 Å². The Balaban J connectivity index is 2.50. The molecule has 0 saturated carbocycles. The second kappa shape index (κ2) is 6.39. The predicted molar refractivity (Wildman–Crippen MR) is 64.9 cm³/mol. The van der Waals surface area contributed by atoms with Crippen molar-refractivity contribution in [2.75, 3.05) is 11.9 Å². The first kappa shape index (κ1) is 13.7. The number of nitrogens with one attached hydrogen (secondary N) is 2. The van der Waals surface area contributed by atoms with E-state index in [1.165, 1.54) is 18.2 Å². The fourth-order valence-electron chi connectivity index (χ4n) is 1.22. The molecule has 96 valence electrons. The number of halogens is 1. The molecule has 5 nitrogen and oxygen atoms in total.